The van der Waals surface area contributed by atoms with Gasteiger partial charge in [0.25, 0.3) is 5.91 Å². The molecule has 5 rings (SSSR count). The summed E-state index contributed by atoms with van der Waals surface area (Å²) in [6, 6.07) is 16.5. The second kappa shape index (κ2) is 9.62. The number of carbonyl (C=O) groups excluding carboxylic acids is 1. The summed E-state index contributed by atoms with van der Waals surface area (Å²) in [4.78, 5) is 25.7. The largest absolute Gasteiger partial charge is 0.489 e. The van der Waals surface area contributed by atoms with E-state index in [9.17, 15) is 19.1 Å². The molecule has 2 heterocycles. The molecule has 1 saturated heterocycles. The topological polar surface area (TPSA) is 76.1 Å². The molecule has 7 heteroatoms. The fourth-order valence-electron chi connectivity index (χ4n) is 4.48. The van der Waals surface area contributed by atoms with Crippen molar-refractivity contribution in [2.45, 2.75) is 25.5 Å². The van der Waals surface area contributed by atoms with Crippen molar-refractivity contribution in [3.8, 4) is 22.6 Å². The summed E-state index contributed by atoms with van der Waals surface area (Å²) < 4.78 is 26.1. The molecule has 6 nitrogen and oxygen atoms in total. The Labute approximate surface area is 202 Å². The molecule has 0 aromatic heterocycles. The van der Waals surface area contributed by atoms with Crippen molar-refractivity contribution in [1.82, 2.24) is 4.90 Å². The Kier molecular flexibility index (Phi) is 6.23. The molecule has 2 aliphatic rings. The molecule has 3 aromatic carbocycles. The third-order valence-corrected chi connectivity index (χ3v) is 6.28. The summed E-state index contributed by atoms with van der Waals surface area (Å²) >= 11 is 0. The summed E-state index contributed by atoms with van der Waals surface area (Å²) in [5.74, 6) is -0.320. The predicted molar refractivity (Wildman–Crippen MR) is 129 cm³/mol. The van der Waals surface area contributed by atoms with Crippen LogP contribution in [0, 0.1) is 5.82 Å². The standard InChI is InChI=1S/C28H24FNO5/c29-24-15-20-6-3-13-34-26(20)16-23(24)19-8-10-22(11-9-19)35-17-18-4-1-5-21(14-18)27(31)30-12-2-7-25(30)28(32)33/h1,3-6,8-11,14-16,25H,2,7,12-13,17H2,(H,32,33)/t25-/m0/s1. The van der Waals surface area contributed by atoms with Gasteiger partial charge in [-0.25, -0.2) is 9.18 Å². The molecule has 35 heavy (non-hydrogen) atoms. The van der Waals surface area contributed by atoms with Crippen molar-refractivity contribution in [3.63, 3.8) is 0 Å². The molecule has 1 N–H and O–H groups in total. The number of carboxylic acid groups (broad SMARTS) is 1. The van der Waals surface area contributed by atoms with Crippen LogP contribution in [0.5, 0.6) is 11.5 Å². The zero-order valence-electron chi connectivity index (χ0n) is 18.9. The Morgan fingerprint density at radius 1 is 1.11 bits per heavy atom. The van der Waals surface area contributed by atoms with Crippen molar-refractivity contribution >= 4 is 18.0 Å². The molecule has 0 unspecified atom stereocenters. The van der Waals surface area contributed by atoms with Crippen LogP contribution >= 0.6 is 0 Å². The molecule has 178 valence electrons. The quantitative estimate of drug-likeness (QED) is 0.535. The summed E-state index contributed by atoms with van der Waals surface area (Å²) in [7, 11) is 0. The molecule has 3 aromatic rings. The van der Waals surface area contributed by atoms with Crippen molar-refractivity contribution < 1.29 is 28.6 Å². The second-order valence-electron chi connectivity index (χ2n) is 8.59. The van der Waals surface area contributed by atoms with Gasteiger partial charge in [0, 0.05) is 23.2 Å². The molecular formula is C28H24FNO5. The number of ether oxygens (including phenoxy) is 2. The molecule has 1 atom stereocenters. The van der Waals surface area contributed by atoms with Crippen LogP contribution in [0.2, 0.25) is 0 Å². The summed E-state index contributed by atoms with van der Waals surface area (Å²) in [5, 5.41) is 9.36. The molecule has 0 aliphatic carbocycles. The Bertz CT molecular complexity index is 1300. The molecule has 0 saturated carbocycles. The van der Waals surface area contributed by atoms with Crippen LogP contribution < -0.4 is 9.47 Å². The van der Waals surface area contributed by atoms with Gasteiger partial charge in [0.1, 0.15) is 36.6 Å². The first-order chi connectivity index (χ1) is 17.0. The van der Waals surface area contributed by atoms with E-state index in [0.717, 1.165) is 11.1 Å². The van der Waals surface area contributed by atoms with Crippen molar-refractivity contribution in [2.24, 2.45) is 0 Å². The minimum absolute atomic E-state index is 0.232. The highest BCUT2D eigenvalue weighted by atomic mass is 19.1. The van der Waals surface area contributed by atoms with Gasteiger partial charge in [0.2, 0.25) is 0 Å². The highest BCUT2D eigenvalue weighted by Crippen LogP contribution is 2.33. The second-order valence-corrected chi connectivity index (χ2v) is 8.59. The van der Waals surface area contributed by atoms with Crippen LogP contribution in [-0.4, -0.2) is 41.1 Å². The number of hydrogen-bond donors (Lipinski definition) is 1. The number of rotatable bonds is 6. The minimum atomic E-state index is -0.974. The Balaban J connectivity index is 1.26. The maximum Gasteiger partial charge on any atom is 0.326 e. The molecule has 1 amide bonds. The molecule has 2 aliphatic heterocycles. The summed E-state index contributed by atoms with van der Waals surface area (Å²) in [5.41, 5.74) is 3.12. The van der Waals surface area contributed by atoms with E-state index in [2.05, 4.69) is 0 Å². The van der Waals surface area contributed by atoms with Gasteiger partial charge in [-0.1, -0.05) is 30.3 Å². The van der Waals surface area contributed by atoms with E-state index in [1.807, 2.05) is 18.2 Å². The number of nitrogens with zero attached hydrogens (tertiary/aromatic N) is 1. The van der Waals surface area contributed by atoms with E-state index in [4.69, 9.17) is 9.47 Å². The van der Waals surface area contributed by atoms with Crippen molar-refractivity contribution in [3.05, 3.63) is 89.2 Å². The van der Waals surface area contributed by atoms with Crippen LogP contribution in [0.1, 0.15) is 34.3 Å². The number of fused-ring (bicyclic) bond motifs is 1. The number of likely N-dealkylation sites (tertiary alicyclic amines) is 1. The summed E-state index contributed by atoms with van der Waals surface area (Å²) in [6.07, 6.45) is 4.85. The lowest BCUT2D eigenvalue weighted by atomic mass is 10.0. The maximum atomic E-state index is 14.6. The Morgan fingerprint density at radius 2 is 1.94 bits per heavy atom. The van der Waals surface area contributed by atoms with E-state index < -0.39 is 12.0 Å². The van der Waals surface area contributed by atoms with Crippen LogP contribution in [0.25, 0.3) is 17.2 Å². The zero-order chi connectivity index (χ0) is 24.4. The van der Waals surface area contributed by atoms with Gasteiger partial charge in [0.15, 0.2) is 0 Å². The molecule has 0 spiro atoms. The average molecular weight is 474 g/mol. The number of carboxylic acids is 1. The average Bonchev–Trinajstić information content (AvgIpc) is 3.38. The van der Waals surface area contributed by atoms with Crippen molar-refractivity contribution in [1.29, 1.82) is 0 Å². The van der Waals surface area contributed by atoms with Gasteiger partial charge in [-0.15, -0.1) is 0 Å². The van der Waals surface area contributed by atoms with Gasteiger partial charge in [0.05, 0.1) is 0 Å². The minimum Gasteiger partial charge on any atom is -0.489 e. The number of benzene rings is 3. The lowest BCUT2D eigenvalue weighted by molar-refractivity contribution is -0.141. The SMILES string of the molecule is O=C(O)[C@@H]1CCCN1C(=O)c1cccc(COc2ccc(-c3cc4c(cc3F)C=CCO4)cc2)c1. The number of carbonyl (C=O) groups is 2. The van der Waals surface area contributed by atoms with Crippen LogP contribution in [0.3, 0.4) is 0 Å². The van der Waals surface area contributed by atoms with Gasteiger partial charge >= 0.3 is 5.97 Å². The van der Waals surface area contributed by atoms with E-state index >= 15 is 0 Å². The highest BCUT2D eigenvalue weighted by Gasteiger charge is 2.34. The number of hydrogen-bond acceptors (Lipinski definition) is 4. The van der Waals surface area contributed by atoms with E-state index in [0.29, 0.717) is 54.2 Å². The van der Waals surface area contributed by atoms with Gasteiger partial charge in [-0.3, -0.25) is 4.79 Å². The van der Waals surface area contributed by atoms with Gasteiger partial charge < -0.3 is 19.5 Å². The van der Waals surface area contributed by atoms with E-state index in [1.165, 1.54) is 11.0 Å². The smallest absolute Gasteiger partial charge is 0.326 e. The normalized spacial score (nSPS) is 16.5. The fraction of sp³-hybridized carbons (Fsp3) is 0.214. The first kappa shape index (κ1) is 22.7. The van der Waals surface area contributed by atoms with Crippen molar-refractivity contribution in [2.75, 3.05) is 13.2 Å². The lowest BCUT2D eigenvalue weighted by Crippen LogP contribution is -2.40. The summed E-state index contributed by atoms with van der Waals surface area (Å²) in [6.45, 7) is 1.14. The third kappa shape index (κ3) is 4.75. The zero-order valence-corrected chi connectivity index (χ0v) is 18.9. The number of amides is 1. The maximum absolute atomic E-state index is 14.6. The first-order valence-electron chi connectivity index (χ1n) is 11.5. The van der Waals surface area contributed by atoms with Gasteiger partial charge in [-0.05, 0) is 66.4 Å². The van der Waals surface area contributed by atoms with E-state index in [1.54, 1.807) is 48.5 Å². The van der Waals surface area contributed by atoms with Crippen LogP contribution in [0.4, 0.5) is 4.39 Å². The Morgan fingerprint density at radius 3 is 2.74 bits per heavy atom. The van der Waals surface area contributed by atoms with Crippen LogP contribution in [0.15, 0.2) is 66.7 Å². The van der Waals surface area contributed by atoms with Crippen LogP contribution in [-0.2, 0) is 11.4 Å². The Hall–Kier alpha value is -4.13. The number of halogens is 1. The monoisotopic (exact) mass is 473 g/mol. The predicted octanol–water partition coefficient (Wildman–Crippen LogP) is 5.17. The first-order valence-corrected chi connectivity index (χ1v) is 11.5. The molecular weight excluding hydrogens is 449 g/mol. The molecule has 1 fully saturated rings. The lowest BCUT2D eigenvalue weighted by Gasteiger charge is -2.21. The third-order valence-electron chi connectivity index (χ3n) is 6.28. The van der Waals surface area contributed by atoms with E-state index in [-0.39, 0.29) is 18.3 Å². The molecule has 0 radical (unpaired) electrons. The fourth-order valence-corrected chi connectivity index (χ4v) is 4.48. The van der Waals surface area contributed by atoms with Gasteiger partial charge in [-0.2, -0.15) is 0 Å². The highest BCUT2D eigenvalue weighted by molar-refractivity contribution is 5.97. The number of aliphatic carboxylic acids is 1. The molecule has 0 bridgehead atoms.